The van der Waals surface area contributed by atoms with Gasteiger partial charge in [0.15, 0.2) is 5.82 Å². The molecule has 8 heteroatoms. The van der Waals surface area contributed by atoms with Gasteiger partial charge in [0, 0.05) is 39.0 Å². The highest BCUT2D eigenvalue weighted by atomic mass is 16.1. The molecule has 0 aliphatic rings. The van der Waals surface area contributed by atoms with Crippen LogP contribution in [0.1, 0.15) is 24.3 Å². The van der Waals surface area contributed by atoms with E-state index in [-0.39, 0.29) is 11.9 Å². The van der Waals surface area contributed by atoms with Crippen LogP contribution in [0.4, 0.5) is 11.5 Å². The molecule has 0 saturated carbocycles. The maximum absolute atomic E-state index is 12.4. The van der Waals surface area contributed by atoms with Crippen molar-refractivity contribution >= 4 is 50.1 Å². The fraction of sp³-hybridized carbons (Fsp3) is 0.111. The highest BCUT2D eigenvalue weighted by Gasteiger charge is 2.14. The van der Waals surface area contributed by atoms with Gasteiger partial charge in [-0.05, 0) is 56.3 Å². The van der Waals surface area contributed by atoms with Crippen LogP contribution >= 0.6 is 0 Å². The van der Waals surface area contributed by atoms with Crippen LogP contribution in [0, 0.1) is 0 Å². The van der Waals surface area contributed by atoms with Crippen molar-refractivity contribution in [2.24, 2.45) is 0 Å². The average molecular weight is 462 g/mol. The summed E-state index contributed by atoms with van der Waals surface area (Å²) in [6, 6.07) is 21.8. The molecule has 6 rings (SSSR count). The van der Waals surface area contributed by atoms with E-state index >= 15 is 0 Å². The number of para-hydroxylation sites is 1. The minimum atomic E-state index is -0.124. The topological polar surface area (TPSA) is 111 Å². The molecule has 0 fully saturated rings. The average Bonchev–Trinajstić information content (AvgIpc) is 3.50. The van der Waals surface area contributed by atoms with Crippen LogP contribution in [0.25, 0.3) is 44.1 Å². The predicted octanol–water partition coefficient (Wildman–Crippen LogP) is 5.54. The predicted molar refractivity (Wildman–Crippen MR) is 139 cm³/mol. The number of H-pyrrole nitrogens is 2. The monoisotopic (exact) mass is 461 g/mol. The summed E-state index contributed by atoms with van der Waals surface area (Å²) in [7, 11) is 0. The van der Waals surface area contributed by atoms with E-state index in [4.69, 9.17) is 9.97 Å². The summed E-state index contributed by atoms with van der Waals surface area (Å²) in [5.74, 6) is 1.19. The van der Waals surface area contributed by atoms with E-state index in [0.29, 0.717) is 11.5 Å². The van der Waals surface area contributed by atoms with Crippen LogP contribution in [-0.4, -0.2) is 37.1 Å². The molecule has 3 heterocycles. The fourth-order valence-electron chi connectivity index (χ4n) is 4.19. The lowest BCUT2D eigenvalue weighted by Crippen LogP contribution is -2.30. The molecular formula is C27H23N7O. The van der Waals surface area contributed by atoms with E-state index in [0.717, 1.165) is 49.8 Å². The Bertz CT molecular complexity index is 1710. The van der Waals surface area contributed by atoms with Crippen LogP contribution in [0.3, 0.4) is 0 Å². The summed E-state index contributed by atoms with van der Waals surface area (Å²) < 4.78 is 0. The van der Waals surface area contributed by atoms with Crippen LogP contribution in [0.5, 0.6) is 0 Å². The number of anilines is 2. The largest absolute Gasteiger partial charge is 0.351 e. The molecule has 0 bridgehead atoms. The normalized spacial score (nSPS) is 11.5. The van der Waals surface area contributed by atoms with Gasteiger partial charge in [0.1, 0.15) is 11.5 Å². The second kappa shape index (κ2) is 8.25. The molecule has 0 saturated heterocycles. The second-order valence-electron chi connectivity index (χ2n) is 8.82. The third kappa shape index (κ3) is 3.95. The number of amides is 1. The molecule has 4 N–H and O–H groups in total. The lowest BCUT2D eigenvalue weighted by molar-refractivity contribution is 0.0939. The number of nitrogens with zero attached hydrogens (tertiary/aromatic N) is 3. The van der Waals surface area contributed by atoms with Crippen LogP contribution in [0.15, 0.2) is 72.9 Å². The minimum Gasteiger partial charge on any atom is -0.351 e. The zero-order chi connectivity index (χ0) is 23.9. The van der Waals surface area contributed by atoms with Crippen LogP contribution < -0.4 is 10.6 Å². The number of nitrogens with one attached hydrogen (secondary N) is 4. The lowest BCUT2D eigenvalue weighted by Gasteiger charge is -2.11. The third-order valence-electron chi connectivity index (χ3n) is 5.85. The highest BCUT2D eigenvalue weighted by Crippen LogP contribution is 2.30. The quantitative estimate of drug-likeness (QED) is 0.269. The first-order chi connectivity index (χ1) is 17.0. The Hall–Kier alpha value is -4.72. The van der Waals surface area contributed by atoms with E-state index in [2.05, 4.69) is 25.8 Å². The summed E-state index contributed by atoms with van der Waals surface area (Å²) >= 11 is 0. The van der Waals surface area contributed by atoms with Gasteiger partial charge in [-0.2, -0.15) is 5.10 Å². The number of fused-ring (bicyclic) bond motifs is 3. The van der Waals surface area contributed by atoms with Gasteiger partial charge in [-0.1, -0.05) is 24.3 Å². The van der Waals surface area contributed by atoms with Crippen LogP contribution in [0.2, 0.25) is 0 Å². The zero-order valence-corrected chi connectivity index (χ0v) is 19.3. The Kier molecular flexibility index (Phi) is 4.92. The number of benzene rings is 3. The number of aromatic nitrogens is 5. The van der Waals surface area contributed by atoms with Gasteiger partial charge in [0.05, 0.1) is 17.2 Å². The Morgan fingerprint density at radius 3 is 2.69 bits per heavy atom. The number of aromatic amines is 2. The van der Waals surface area contributed by atoms with Gasteiger partial charge in [0.2, 0.25) is 0 Å². The molecule has 0 spiro atoms. The minimum absolute atomic E-state index is 0.0654. The first kappa shape index (κ1) is 20.9. The SMILES string of the molecule is CC(C)NC(=O)c1cc2ccc(-c3nc(Nc4ccc5[nH]ncc5c4)c4ccccc4n3)cc2[nH]1. The number of hydrogen-bond donors (Lipinski definition) is 4. The summed E-state index contributed by atoms with van der Waals surface area (Å²) in [6.45, 7) is 3.88. The molecule has 8 nitrogen and oxygen atoms in total. The van der Waals surface area contributed by atoms with Gasteiger partial charge < -0.3 is 15.6 Å². The first-order valence-corrected chi connectivity index (χ1v) is 11.4. The van der Waals surface area contributed by atoms with Crippen molar-refractivity contribution in [2.45, 2.75) is 19.9 Å². The van der Waals surface area contributed by atoms with Gasteiger partial charge >= 0.3 is 0 Å². The summed E-state index contributed by atoms with van der Waals surface area (Å²) in [5, 5.41) is 16.3. The third-order valence-corrected chi connectivity index (χ3v) is 5.85. The number of hydrogen-bond acceptors (Lipinski definition) is 5. The molecule has 6 aromatic rings. The standard InChI is InChI=1S/C27H23N7O/c1-15(2)29-27(35)24-12-16-7-8-17(13-23(16)31-24)25-32-22-6-4-3-5-20(22)26(33-25)30-19-9-10-21-18(11-19)14-28-34-21/h3-15,31H,1-2H3,(H,28,34)(H,29,35)(H,30,32,33). The second-order valence-corrected chi connectivity index (χ2v) is 8.82. The smallest absolute Gasteiger partial charge is 0.267 e. The van der Waals surface area contributed by atoms with Crippen molar-refractivity contribution in [3.8, 4) is 11.4 Å². The highest BCUT2D eigenvalue weighted by molar-refractivity contribution is 5.99. The Morgan fingerprint density at radius 2 is 1.80 bits per heavy atom. The van der Waals surface area contributed by atoms with Crippen molar-refractivity contribution in [3.05, 3.63) is 78.6 Å². The lowest BCUT2D eigenvalue weighted by atomic mass is 10.1. The fourth-order valence-corrected chi connectivity index (χ4v) is 4.19. The summed E-state index contributed by atoms with van der Waals surface area (Å²) in [4.78, 5) is 25.4. The van der Waals surface area contributed by atoms with Crippen molar-refractivity contribution in [3.63, 3.8) is 0 Å². The van der Waals surface area contributed by atoms with Crippen molar-refractivity contribution < 1.29 is 4.79 Å². The van der Waals surface area contributed by atoms with Crippen molar-refractivity contribution in [1.29, 1.82) is 0 Å². The molecule has 0 aliphatic carbocycles. The Morgan fingerprint density at radius 1 is 0.914 bits per heavy atom. The molecule has 172 valence electrons. The van der Waals surface area contributed by atoms with Crippen LogP contribution in [-0.2, 0) is 0 Å². The number of carbonyl (C=O) groups excluding carboxylic acids is 1. The molecule has 0 atom stereocenters. The van der Waals surface area contributed by atoms with Gasteiger partial charge in [0.25, 0.3) is 5.91 Å². The molecule has 3 aromatic heterocycles. The first-order valence-electron chi connectivity index (χ1n) is 11.4. The molecule has 0 unspecified atom stereocenters. The van der Waals surface area contributed by atoms with E-state index < -0.39 is 0 Å². The Labute approximate surface area is 200 Å². The van der Waals surface area contributed by atoms with Gasteiger partial charge in [-0.25, -0.2) is 9.97 Å². The molecule has 35 heavy (non-hydrogen) atoms. The van der Waals surface area contributed by atoms with Gasteiger partial charge in [-0.3, -0.25) is 9.89 Å². The zero-order valence-electron chi connectivity index (χ0n) is 19.3. The maximum Gasteiger partial charge on any atom is 0.267 e. The van der Waals surface area contributed by atoms with Crippen molar-refractivity contribution in [2.75, 3.05) is 5.32 Å². The number of rotatable bonds is 5. The molecule has 0 radical (unpaired) electrons. The van der Waals surface area contributed by atoms with E-state index in [1.165, 1.54) is 0 Å². The molecular weight excluding hydrogens is 438 g/mol. The molecule has 1 amide bonds. The summed E-state index contributed by atoms with van der Waals surface area (Å²) in [5.41, 5.74) is 4.97. The van der Waals surface area contributed by atoms with Gasteiger partial charge in [-0.15, -0.1) is 0 Å². The molecule has 3 aromatic carbocycles. The molecule has 0 aliphatic heterocycles. The van der Waals surface area contributed by atoms with E-state index in [1.807, 2.05) is 80.6 Å². The number of carbonyl (C=O) groups is 1. The van der Waals surface area contributed by atoms with Crippen molar-refractivity contribution in [1.82, 2.24) is 30.5 Å². The summed E-state index contributed by atoms with van der Waals surface area (Å²) in [6.07, 6.45) is 1.80. The van der Waals surface area contributed by atoms with E-state index in [1.54, 1.807) is 6.20 Å². The van der Waals surface area contributed by atoms with E-state index in [9.17, 15) is 4.79 Å². The Balaban J connectivity index is 1.41. The maximum atomic E-state index is 12.4.